The van der Waals surface area contributed by atoms with Crippen molar-refractivity contribution in [3.63, 3.8) is 0 Å². The van der Waals surface area contributed by atoms with Crippen molar-refractivity contribution in [1.29, 1.82) is 5.26 Å². The number of benzene rings is 1. The SMILES string of the molecule is Cc1c(C#N)cccc1[C@@H](C)Nc1nc2nccn2c2cnc(O[C@H]3CCOC3)cc12. The highest BCUT2D eigenvalue weighted by Crippen LogP contribution is 2.30. The van der Waals surface area contributed by atoms with Crippen LogP contribution in [0.3, 0.4) is 0 Å². The zero-order valence-electron chi connectivity index (χ0n) is 17.4. The van der Waals surface area contributed by atoms with E-state index in [4.69, 9.17) is 14.5 Å². The molecular formula is C23H22N6O2. The molecule has 1 aromatic carbocycles. The lowest BCUT2D eigenvalue weighted by molar-refractivity contribution is 0.138. The predicted octanol–water partition coefficient (Wildman–Crippen LogP) is 3.80. The van der Waals surface area contributed by atoms with Gasteiger partial charge in [-0.05, 0) is 31.0 Å². The summed E-state index contributed by atoms with van der Waals surface area (Å²) in [6.07, 6.45) is 6.24. The minimum Gasteiger partial charge on any atom is -0.472 e. The maximum Gasteiger partial charge on any atom is 0.236 e. The third-order valence-electron chi connectivity index (χ3n) is 5.70. The molecule has 3 aromatic heterocycles. The molecule has 0 amide bonds. The maximum atomic E-state index is 9.37. The Bertz CT molecular complexity index is 1300. The number of pyridine rings is 1. The van der Waals surface area contributed by atoms with Gasteiger partial charge in [-0.2, -0.15) is 10.2 Å². The van der Waals surface area contributed by atoms with E-state index in [1.54, 1.807) is 12.4 Å². The molecule has 0 aliphatic carbocycles. The number of imidazole rings is 1. The number of rotatable bonds is 5. The van der Waals surface area contributed by atoms with Gasteiger partial charge in [-0.15, -0.1) is 0 Å². The van der Waals surface area contributed by atoms with E-state index >= 15 is 0 Å². The highest BCUT2D eigenvalue weighted by atomic mass is 16.5. The number of hydrogen-bond acceptors (Lipinski definition) is 7. The number of nitrogens with one attached hydrogen (secondary N) is 1. The van der Waals surface area contributed by atoms with Crippen LogP contribution in [-0.4, -0.2) is 38.7 Å². The van der Waals surface area contributed by atoms with Crippen LogP contribution in [0.5, 0.6) is 5.88 Å². The molecule has 0 unspecified atom stereocenters. The molecule has 8 heteroatoms. The molecule has 2 atom stereocenters. The molecular weight excluding hydrogens is 392 g/mol. The van der Waals surface area contributed by atoms with Gasteiger partial charge in [-0.3, -0.25) is 4.40 Å². The van der Waals surface area contributed by atoms with Crippen LogP contribution in [0.1, 0.15) is 36.1 Å². The Balaban J connectivity index is 1.56. The molecule has 0 spiro atoms. The predicted molar refractivity (Wildman–Crippen MR) is 116 cm³/mol. The molecule has 1 aliphatic heterocycles. The molecule has 1 saturated heterocycles. The molecule has 1 aliphatic rings. The van der Waals surface area contributed by atoms with Crippen molar-refractivity contribution >= 4 is 22.5 Å². The van der Waals surface area contributed by atoms with E-state index in [0.717, 1.165) is 28.5 Å². The summed E-state index contributed by atoms with van der Waals surface area (Å²) in [4.78, 5) is 13.6. The first-order chi connectivity index (χ1) is 15.1. The van der Waals surface area contributed by atoms with Gasteiger partial charge in [0.25, 0.3) is 0 Å². The van der Waals surface area contributed by atoms with E-state index in [2.05, 4.69) is 28.3 Å². The van der Waals surface area contributed by atoms with Crippen molar-refractivity contribution in [2.24, 2.45) is 0 Å². The van der Waals surface area contributed by atoms with Gasteiger partial charge in [0.1, 0.15) is 11.9 Å². The largest absolute Gasteiger partial charge is 0.472 e. The number of nitriles is 1. The average Bonchev–Trinajstić information content (AvgIpc) is 3.46. The Labute approximate surface area is 179 Å². The van der Waals surface area contributed by atoms with Crippen molar-refractivity contribution in [3.05, 3.63) is 59.5 Å². The number of nitrogens with zero attached hydrogens (tertiary/aromatic N) is 5. The highest BCUT2D eigenvalue weighted by Gasteiger charge is 2.20. The van der Waals surface area contributed by atoms with Crippen LogP contribution in [0.15, 0.2) is 42.9 Å². The summed E-state index contributed by atoms with van der Waals surface area (Å²) in [6, 6.07) is 9.86. The molecule has 4 aromatic rings. The minimum absolute atomic E-state index is 0.0154. The number of aromatic nitrogens is 4. The molecule has 8 nitrogen and oxygen atoms in total. The van der Waals surface area contributed by atoms with Gasteiger partial charge in [0, 0.05) is 30.3 Å². The third-order valence-corrected chi connectivity index (χ3v) is 5.70. The first-order valence-electron chi connectivity index (χ1n) is 10.3. The van der Waals surface area contributed by atoms with Crippen molar-refractivity contribution in [2.75, 3.05) is 18.5 Å². The quantitative estimate of drug-likeness (QED) is 0.530. The van der Waals surface area contributed by atoms with Crippen LogP contribution in [0.25, 0.3) is 16.7 Å². The number of ether oxygens (including phenoxy) is 2. The highest BCUT2D eigenvalue weighted by molar-refractivity contribution is 5.91. The molecule has 31 heavy (non-hydrogen) atoms. The minimum atomic E-state index is -0.0674. The fourth-order valence-corrected chi connectivity index (χ4v) is 4.01. The van der Waals surface area contributed by atoms with E-state index in [-0.39, 0.29) is 12.1 Å². The van der Waals surface area contributed by atoms with Crippen molar-refractivity contribution in [2.45, 2.75) is 32.4 Å². The van der Waals surface area contributed by atoms with Gasteiger partial charge in [0.05, 0.1) is 42.6 Å². The Hall–Kier alpha value is -3.70. The summed E-state index contributed by atoms with van der Waals surface area (Å²) in [6.45, 7) is 5.31. The summed E-state index contributed by atoms with van der Waals surface area (Å²) in [5.41, 5.74) is 3.56. The summed E-state index contributed by atoms with van der Waals surface area (Å²) >= 11 is 0. The molecule has 5 rings (SSSR count). The van der Waals surface area contributed by atoms with E-state index in [1.165, 1.54) is 0 Å². The van der Waals surface area contributed by atoms with Gasteiger partial charge in [-0.1, -0.05) is 12.1 Å². The smallest absolute Gasteiger partial charge is 0.236 e. The first-order valence-corrected chi connectivity index (χ1v) is 10.3. The maximum absolute atomic E-state index is 9.37. The van der Waals surface area contributed by atoms with E-state index in [0.29, 0.717) is 36.3 Å². The lowest BCUT2D eigenvalue weighted by Gasteiger charge is -2.19. The monoisotopic (exact) mass is 414 g/mol. The normalized spacial score (nSPS) is 17.0. The fourth-order valence-electron chi connectivity index (χ4n) is 4.01. The van der Waals surface area contributed by atoms with Crippen LogP contribution in [0.4, 0.5) is 5.82 Å². The average molecular weight is 414 g/mol. The standard InChI is InChI=1S/C23H22N6O2/c1-14-16(11-24)4-3-5-18(14)15(2)27-22-19-10-21(31-17-6-9-30-13-17)26-12-20(19)29-8-7-25-23(29)28-22/h3-5,7-8,10,12,15,17H,6,9,13H2,1-2H3,(H,25,27,28)/t15-,17+/m1/s1. The lowest BCUT2D eigenvalue weighted by Crippen LogP contribution is -2.16. The van der Waals surface area contributed by atoms with Gasteiger partial charge < -0.3 is 14.8 Å². The molecule has 0 bridgehead atoms. The number of fused-ring (bicyclic) bond motifs is 3. The van der Waals surface area contributed by atoms with Crippen molar-refractivity contribution in [3.8, 4) is 11.9 Å². The molecule has 1 N–H and O–H groups in total. The number of anilines is 1. The van der Waals surface area contributed by atoms with Crippen LogP contribution < -0.4 is 10.1 Å². The second-order valence-electron chi connectivity index (χ2n) is 7.70. The summed E-state index contributed by atoms with van der Waals surface area (Å²) in [7, 11) is 0. The third kappa shape index (κ3) is 3.53. The van der Waals surface area contributed by atoms with Crippen LogP contribution in [-0.2, 0) is 4.74 Å². The Morgan fingerprint density at radius 1 is 1.35 bits per heavy atom. The second kappa shape index (κ2) is 7.85. The molecule has 0 radical (unpaired) electrons. The molecule has 1 fully saturated rings. The van der Waals surface area contributed by atoms with Gasteiger partial charge in [0.2, 0.25) is 11.7 Å². The Morgan fingerprint density at radius 2 is 2.26 bits per heavy atom. The van der Waals surface area contributed by atoms with E-state index in [9.17, 15) is 5.26 Å². The van der Waals surface area contributed by atoms with Gasteiger partial charge in [-0.25, -0.2) is 9.97 Å². The van der Waals surface area contributed by atoms with Crippen molar-refractivity contribution in [1.82, 2.24) is 19.4 Å². The van der Waals surface area contributed by atoms with E-state index < -0.39 is 0 Å². The lowest BCUT2D eigenvalue weighted by atomic mass is 9.98. The van der Waals surface area contributed by atoms with Crippen molar-refractivity contribution < 1.29 is 9.47 Å². The number of hydrogen-bond donors (Lipinski definition) is 1. The topological polar surface area (TPSA) is 97.4 Å². The van der Waals surface area contributed by atoms with Crippen LogP contribution in [0, 0.1) is 18.3 Å². The van der Waals surface area contributed by atoms with E-state index in [1.807, 2.05) is 41.8 Å². The zero-order valence-corrected chi connectivity index (χ0v) is 17.4. The fraction of sp³-hybridized carbons (Fsp3) is 0.304. The van der Waals surface area contributed by atoms with Gasteiger partial charge >= 0.3 is 0 Å². The Morgan fingerprint density at radius 3 is 3.06 bits per heavy atom. The van der Waals surface area contributed by atoms with Crippen LogP contribution >= 0.6 is 0 Å². The van der Waals surface area contributed by atoms with Crippen LogP contribution in [0.2, 0.25) is 0 Å². The summed E-state index contributed by atoms with van der Waals surface area (Å²) < 4.78 is 13.3. The first kappa shape index (κ1) is 19.3. The van der Waals surface area contributed by atoms with Gasteiger partial charge in [0.15, 0.2) is 0 Å². The second-order valence-corrected chi connectivity index (χ2v) is 7.70. The molecule has 0 saturated carbocycles. The zero-order chi connectivity index (χ0) is 21.4. The molecule has 4 heterocycles. The summed E-state index contributed by atoms with van der Waals surface area (Å²) in [5, 5.41) is 13.8. The summed E-state index contributed by atoms with van der Waals surface area (Å²) in [5.74, 6) is 1.82. The molecule has 156 valence electrons. The Kier molecular flexibility index (Phi) is 4.88.